The van der Waals surface area contributed by atoms with Gasteiger partial charge in [-0.2, -0.15) is 0 Å². The molecule has 1 aliphatic heterocycles. The van der Waals surface area contributed by atoms with Gasteiger partial charge in [-0.25, -0.2) is 9.59 Å². The number of ether oxygens (including phenoxy) is 2. The van der Waals surface area contributed by atoms with E-state index >= 15 is 0 Å². The Morgan fingerprint density at radius 1 is 1.21 bits per heavy atom. The fourth-order valence-corrected chi connectivity index (χ4v) is 2.21. The van der Waals surface area contributed by atoms with Crippen molar-refractivity contribution in [2.45, 2.75) is 5.54 Å². The van der Waals surface area contributed by atoms with Crippen LogP contribution in [0.3, 0.4) is 0 Å². The van der Waals surface area contributed by atoms with Crippen LogP contribution in [0.5, 0.6) is 0 Å². The molecule has 1 aromatic rings. The fourth-order valence-electron chi connectivity index (χ4n) is 2.04. The number of hydrogen-bond acceptors (Lipinski definition) is 5. The summed E-state index contributed by atoms with van der Waals surface area (Å²) in [7, 11) is 2.23. The van der Waals surface area contributed by atoms with Gasteiger partial charge in [0.2, 0.25) is 0 Å². The first-order valence-electron chi connectivity index (χ1n) is 5.26. The molecule has 0 radical (unpaired) electrons. The highest BCUT2D eigenvalue weighted by atomic mass is 35.5. The minimum Gasteiger partial charge on any atom is -0.467 e. The molecule has 1 amide bonds. The molecule has 0 atom stereocenters. The standard InChI is InChI=1S/C12H10ClNO5/c1-18-10(16)12(11(17)19-2)8-5-6(13)3-4-7(8)9(15)14-12/h3-5H,1-2H3,(H,14,15). The van der Waals surface area contributed by atoms with E-state index in [9.17, 15) is 14.4 Å². The van der Waals surface area contributed by atoms with Crippen molar-refractivity contribution in [3.8, 4) is 0 Å². The number of hydrogen-bond donors (Lipinski definition) is 1. The van der Waals surface area contributed by atoms with Crippen molar-refractivity contribution < 1.29 is 23.9 Å². The molecule has 1 heterocycles. The lowest BCUT2D eigenvalue weighted by molar-refractivity contribution is -0.163. The van der Waals surface area contributed by atoms with Gasteiger partial charge >= 0.3 is 11.9 Å². The number of rotatable bonds is 2. The molecule has 0 spiro atoms. The first-order chi connectivity index (χ1) is 8.97. The number of amides is 1. The Bertz CT molecular complexity index is 567. The average molecular weight is 284 g/mol. The Morgan fingerprint density at radius 2 is 1.79 bits per heavy atom. The Labute approximate surface area is 113 Å². The van der Waals surface area contributed by atoms with E-state index in [1.807, 2.05) is 0 Å². The van der Waals surface area contributed by atoms with Gasteiger partial charge in [0, 0.05) is 16.1 Å². The van der Waals surface area contributed by atoms with Crippen LogP contribution in [0.15, 0.2) is 18.2 Å². The summed E-state index contributed by atoms with van der Waals surface area (Å²) in [5.41, 5.74) is -1.69. The van der Waals surface area contributed by atoms with Gasteiger partial charge in [0.25, 0.3) is 11.4 Å². The van der Waals surface area contributed by atoms with Gasteiger partial charge in [-0.05, 0) is 18.2 Å². The number of fused-ring (bicyclic) bond motifs is 1. The summed E-state index contributed by atoms with van der Waals surface area (Å²) in [6, 6.07) is 4.29. The SMILES string of the molecule is COC(=O)C1(C(=O)OC)NC(=O)c2ccc(Cl)cc21. The number of esters is 2. The topological polar surface area (TPSA) is 81.7 Å². The van der Waals surface area contributed by atoms with Gasteiger partial charge in [0.15, 0.2) is 0 Å². The second-order valence-electron chi connectivity index (χ2n) is 3.88. The van der Waals surface area contributed by atoms with Crippen molar-refractivity contribution in [1.29, 1.82) is 0 Å². The van der Waals surface area contributed by atoms with Gasteiger partial charge in [0.1, 0.15) is 0 Å². The molecule has 0 aliphatic carbocycles. The van der Waals surface area contributed by atoms with E-state index in [1.54, 1.807) is 0 Å². The van der Waals surface area contributed by atoms with E-state index in [4.69, 9.17) is 11.6 Å². The maximum atomic E-state index is 12.0. The number of methoxy groups -OCH3 is 2. The number of carbonyl (C=O) groups is 3. The quantitative estimate of drug-likeness (QED) is 0.636. The van der Waals surface area contributed by atoms with Crippen LogP contribution in [-0.2, 0) is 24.6 Å². The molecule has 0 saturated heterocycles. The van der Waals surface area contributed by atoms with E-state index in [1.165, 1.54) is 18.2 Å². The van der Waals surface area contributed by atoms with Crippen LogP contribution < -0.4 is 5.32 Å². The lowest BCUT2D eigenvalue weighted by Crippen LogP contribution is -2.54. The summed E-state index contributed by atoms with van der Waals surface area (Å²) in [5.74, 6) is -2.44. The Balaban J connectivity index is 2.72. The number of nitrogens with one attached hydrogen (secondary N) is 1. The highest BCUT2D eigenvalue weighted by Gasteiger charge is 2.57. The third-order valence-corrected chi connectivity index (χ3v) is 3.15. The van der Waals surface area contributed by atoms with Crippen LogP contribution in [0.25, 0.3) is 0 Å². The normalized spacial score (nSPS) is 15.4. The van der Waals surface area contributed by atoms with E-state index in [0.717, 1.165) is 14.2 Å². The number of halogens is 1. The molecule has 0 bridgehead atoms. The van der Waals surface area contributed by atoms with Crippen LogP contribution in [0.2, 0.25) is 5.02 Å². The third kappa shape index (κ3) is 1.76. The molecule has 0 saturated carbocycles. The lowest BCUT2D eigenvalue weighted by Gasteiger charge is -2.24. The zero-order chi connectivity index (χ0) is 14.2. The maximum absolute atomic E-state index is 12.0. The van der Waals surface area contributed by atoms with Gasteiger partial charge < -0.3 is 14.8 Å². The second kappa shape index (κ2) is 4.55. The Hall–Kier alpha value is -2.08. The Kier molecular flexibility index (Phi) is 3.20. The number of benzene rings is 1. The van der Waals surface area contributed by atoms with E-state index in [0.29, 0.717) is 0 Å². The first-order valence-corrected chi connectivity index (χ1v) is 5.64. The van der Waals surface area contributed by atoms with Gasteiger partial charge in [-0.15, -0.1) is 0 Å². The summed E-state index contributed by atoms with van der Waals surface area (Å²) in [5, 5.41) is 2.60. The Morgan fingerprint density at radius 3 is 2.32 bits per heavy atom. The molecule has 6 nitrogen and oxygen atoms in total. The zero-order valence-corrected chi connectivity index (χ0v) is 10.9. The van der Waals surface area contributed by atoms with Crippen LogP contribution in [0.1, 0.15) is 15.9 Å². The largest absolute Gasteiger partial charge is 0.467 e. The van der Waals surface area contributed by atoms with Gasteiger partial charge in [-0.1, -0.05) is 11.6 Å². The van der Waals surface area contributed by atoms with Crippen LogP contribution in [0, 0.1) is 0 Å². The monoisotopic (exact) mass is 283 g/mol. The molecular weight excluding hydrogens is 274 g/mol. The highest BCUT2D eigenvalue weighted by Crippen LogP contribution is 2.35. The predicted molar refractivity (Wildman–Crippen MR) is 64.6 cm³/mol. The number of carbonyl (C=O) groups excluding carboxylic acids is 3. The molecular formula is C12H10ClNO5. The summed E-state index contributed by atoms with van der Waals surface area (Å²) in [6.07, 6.45) is 0. The minimum absolute atomic E-state index is 0.128. The summed E-state index contributed by atoms with van der Waals surface area (Å²) in [6.45, 7) is 0. The van der Waals surface area contributed by atoms with Crippen molar-refractivity contribution in [3.05, 3.63) is 34.3 Å². The van der Waals surface area contributed by atoms with E-state index in [-0.39, 0.29) is 16.1 Å². The maximum Gasteiger partial charge on any atom is 0.348 e. The van der Waals surface area contributed by atoms with Crippen molar-refractivity contribution in [2.75, 3.05) is 14.2 Å². The second-order valence-corrected chi connectivity index (χ2v) is 4.31. The van der Waals surface area contributed by atoms with E-state index in [2.05, 4.69) is 14.8 Å². The van der Waals surface area contributed by atoms with E-state index < -0.39 is 23.4 Å². The lowest BCUT2D eigenvalue weighted by atomic mass is 9.90. The smallest absolute Gasteiger partial charge is 0.348 e. The minimum atomic E-state index is -2.00. The third-order valence-electron chi connectivity index (χ3n) is 2.91. The predicted octanol–water partition coefficient (Wildman–Crippen LogP) is 0.625. The molecule has 100 valence electrons. The van der Waals surface area contributed by atoms with Crippen molar-refractivity contribution in [1.82, 2.24) is 5.32 Å². The molecule has 0 aromatic heterocycles. The molecule has 0 unspecified atom stereocenters. The average Bonchev–Trinajstić information content (AvgIpc) is 2.70. The molecule has 19 heavy (non-hydrogen) atoms. The molecule has 1 aliphatic rings. The summed E-state index contributed by atoms with van der Waals surface area (Å²) >= 11 is 5.85. The van der Waals surface area contributed by atoms with Crippen LogP contribution in [-0.4, -0.2) is 32.1 Å². The summed E-state index contributed by atoms with van der Waals surface area (Å²) < 4.78 is 9.22. The molecule has 2 rings (SSSR count). The van der Waals surface area contributed by atoms with Crippen molar-refractivity contribution >= 4 is 29.4 Å². The highest BCUT2D eigenvalue weighted by molar-refractivity contribution is 6.31. The first kappa shape index (κ1) is 13.4. The van der Waals surface area contributed by atoms with Crippen LogP contribution >= 0.6 is 11.6 Å². The van der Waals surface area contributed by atoms with Crippen molar-refractivity contribution in [2.24, 2.45) is 0 Å². The summed E-state index contributed by atoms with van der Waals surface area (Å²) in [4.78, 5) is 35.8. The molecule has 1 aromatic carbocycles. The zero-order valence-electron chi connectivity index (χ0n) is 10.2. The van der Waals surface area contributed by atoms with Gasteiger partial charge in [0.05, 0.1) is 14.2 Å². The molecule has 0 fully saturated rings. The molecule has 7 heteroatoms. The molecule has 1 N–H and O–H groups in total. The fraction of sp³-hybridized carbons (Fsp3) is 0.250. The van der Waals surface area contributed by atoms with Crippen LogP contribution in [0.4, 0.5) is 0 Å². The van der Waals surface area contributed by atoms with Crippen molar-refractivity contribution in [3.63, 3.8) is 0 Å². The van der Waals surface area contributed by atoms with Gasteiger partial charge in [-0.3, -0.25) is 4.79 Å².